The molecular weight excluding hydrogens is 1290 g/mol. The van der Waals surface area contributed by atoms with Crippen molar-refractivity contribution in [3.05, 3.63) is 431 Å². The Morgan fingerprint density at radius 2 is 0.467 bits per heavy atom. The van der Waals surface area contributed by atoms with Crippen LogP contribution >= 0.6 is 0 Å². The smallest absolute Gasteiger partial charge is 0.0754 e. The first-order valence-electron chi connectivity index (χ1n) is 37.7. The fourth-order valence-electron chi connectivity index (χ4n) is 22.8. The molecule has 20 aromatic rings. The number of fused-ring (bicyclic) bond motifs is 38. The Bertz CT molecular complexity index is 7210. The van der Waals surface area contributed by atoms with Crippen LogP contribution in [0.2, 0.25) is 0 Å². The third kappa shape index (κ3) is 6.51. The third-order valence-electron chi connectivity index (χ3n) is 26.3. The van der Waals surface area contributed by atoms with Gasteiger partial charge in [0.1, 0.15) is 0 Å². The number of nitrogens with zero attached hydrogens (tertiary/aromatic N) is 2. The van der Waals surface area contributed by atoms with Gasteiger partial charge in [0.15, 0.2) is 0 Å². The maximum absolute atomic E-state index is 2.61. The molecule has 490 valence electrons. The number of para-hydroxylation sites is 6. The van der Waals surface area contributed by atoms with Gasteiger partial charge in [0.2, 0.25) is 0 Å². The lowest BCUT2D eigenvalue weighted by molar-refractivity contribution is 0.748. The molecule has 18 aromatic carbocycles. The summed E-state index contributed by atoms with van der Waals surface area (Å²) in [4.78, 5) is 0. The molecule has 3 spiro atoms. The summed E-state index contributed by atoms with van der Waals surface area (Å²) in [6, 6.07) is 141. The molecule has 0 N–H and O–H groups in total. The fourth-order valence-corrected chi connectivity index (χ4v) is 22.8. The van der Waals surface area contributed by atoms with Crippen molar-refractivity contribution < 1.29 is 0 Å². The summed E-state index contributed by atoms with van der Waals surface area (Å²) in [5, 5.41) is 12.5. The zero-order chi connectivity index (χ0) is 69.3. The predicted octanol–water partition coefficient (Wildman–Crippen LogP) is 26.0. The highest BCUT2D eigenvalue weighted by molar-refractivity contribution is 6.24. The van der Waals surface area contributed by atoms with Crippen LogP contribution in [0, 0.1) is 0 Å². The fraction of sp³-hybridized carbons (Fsp3) is 0.0286. The van der Waals surface area contributed by atoms with Crippen LogP contribution in [0.4, 0.5) is 0 Å². The molecule has 107 heavy (non-hydrogen) atoms. The summed E-state index contributed by atoms with van der Waals surface area (Å²) in [5.41, 5.74) is 39.1. The Hall–Kier alpha value is -13.7. The molecule has 2 nitrogen and oxygen atoms in total. The molecular formula is C105H60N2. The van der Waals surface area contributed by atoms with Crippen LogP contribution in [-0.4, -0.2) is 9.13 Å². The second-order valence-electron chi connectivity index (χ2n) is 30.5. The van der Waals surface area contributed by atoms with Gasteiger partial charge in [-0.3, -0.25) is 0 Å². The SMILES string of the molecule is c1ccc2c(c1)-c1c(-c3c4cccc(-c5cccc6c5-c5ccccc5C65c6ccccc6-n6c7ccccc7c7cccc5c76)c4cc4c(-c5cccc6c5-c5ccccc5C65c6ccccc6-n6c7ccccc7c7cccc5c76)cccc34)cccc1C21c2ccccc2-c2c1ccc1ccccc21. The number of benzene rings is 18. The van der Waals surface area contributed by atoms with Crippen molar-refractivity contribution in [3.8, 4) is 89.3 Å². The summed E-state index contributed by atoms with van der Waals surface area (Å²) in [7, 11) is 0. The Kier molecular flexibility index (Phi) is 10.6. The van der Waals surface area contributed by atoms with Gasteiger partial charge in [-0.1, -0.05) is 334 Å². The normalized spacial score (nSPS) is 17.3. The highest BCUT2D eigenvalue weighted by Crippen LogP contribution is 2.69. The Labute approximate surface area is 617 Å². The van der Waals surface area contributed by atoms with Crippen LogP contribution in [0.3, 0.4) is 0 Å². The Balaban J connectivity index is 0.786. The van der Waals surface area contributed by atoms with Crippen molar-refractivity contribution in [1.29, 1.82) is 0 Å². The van der Waals surface area contributed by atoms with Gasteiger partial charge in [-0.25, -0.2) is 0 Å². The first kappa shape index (κ1) is 56.8. The topological polar surface area (TPSA) is 9.86 Å². The van der Waals surface area contributed by atoms with Crippen molar-refractivity contribution in [2.75, 3.05) is 0 Å². The average Bonchev–Trinajstić information content (AvgIpc) is 1.52. The van der Waals surface area contributed by atoms with Crippen LogP contribution in [0.25, 0.3) is 165 Å². The second-order valence-corrected chi connectivity index (χ2v) is 30.5. The number of hydrogen-bond donors (Lipinski definition) is 0. The minimum absolute atomic E-state index is 0.580. The van der Waals surface area contributed by atoms with E-state index in [1.807, 2.05) is 0 Å². The first-order valence-corrected chi connectivity index (χ1v) is 37.7. The van der Waals surface area contributed by atoms with Gasteiger partial charge in [-0.2, -0.15) is 0 Å². The molecule has 4 heterocycles. The van der Waals surface area contributed by atoms with E-state index in [0.29, 0.717) is 0 Å². The van der Waals surface area contributed by atoms with Crippen LogP contribution in [-0.2, 0) is 16.2 Å². The van der Waals surface area contributed by atoms with Crippen molar-refractivity contribution in [2.24, 2.45) is 0 Å². The second kappa shape index (κ2) is 20.0. The molecule has 0 amide bonds. The maximum atomic E-state index is 2.61. The first-order chi connectivity index (χ1) is 53.2. The molecule has 0 radical (unpaired) electrons. The van der Waals surface area contributed by atoms with Crippen LogP contribution in [0.1, 0.15) is 66.8 Å². The van der Waals surface area contributed by atoms with Crippen molar-refractivity contribution in [1.82, 2.24) is 9.13 Å². The Morgan fingerprint density at radius 3 is 0.963 bits per heavy atom. The molecule has 2 aromatic heterocycles. The summed E-state index contributed by atoms with van der Waals surface area (Å²) >= 11 is 0. The van der Waals surface area contributed by atoms with E-state index in [1.54, 1.807) is 0 Å². The summed E-state index contributed by atoms with van der Waals surface area (Å²) in [5.74, 6) is 0. The van der Waals surface area contributed by atoms with E-state index in [4.69, 9.17) is 0 Å². The molecule has 0 fully saturated rings. The van der Waals surface area contributed by atoms with Crippen LogP contribution < -0.4 is 0 Å². The van der Waals surface area contributed by atoms with E-state index in [0.717, 1.165) is 0 Å². The Morgan fingerprint density at radius 1 is 0.159 bits per heavy atom. The minimum Gasteiger partial charge on any atom is -0.309 e. The van der Waals surface area contributed by atoms with Gasteiger partial charge in [0.25, 0.3) is 0 Å². The molecule has 26 rings (SSSR count). The van der Waals surface area contributed by atoms with Gasteiger partial charge in [-0.05, 0) is 207 Å². The summed E-state index contributed by atoms with van der Waals surface area (Å²) in [6.07, 6.45) is 0. The van der Waals surface area contributed by atoms with Crippen molar-refractivity contribution in [2.45, 2.75) is 16.2 Å². The van der Waals surface area contributed by atoms with Gasteiger partial charge >= 0.3 is 0 Å². The minimum atomic E-state index is -0.627. The summed E-state index contributed by atoms with van der Waals surface area (Å²) < 4.78 is 5.11. The molecule has 0 saturated heterocycles. The maximum Gasteiger partial charge on any atom is 0.0754 e. The van der Waals surface area contributed by atoms with E-state index in [9.17, 15) is 0 Å². The van der Waals surface area contributed by atoms with Crippen LogP contribution in [0.15, 0.2) is 364 Å². The molecule has 4 aliphatic carbocycles. The summed E-state index contributed by atoms with van der Waals surface area (Å²) in [6.45, 7) is 0. The number of rotatable bonds is 3. The van der Waals surface area contributed by atoms with E-state index in [1.165, 1.54) is 232 Å². The largest absolute Gasteiger partial charge is 0.309 e. The monoisotopic (exact) mass is 1350 g/mol. The lowest BCUT2D eigenvalue weighted by Crippen LogP contribution is -2.33. The van der Waals surface area contributed by atoms with Crippen molar-refractivity contribution >= 4 is 75.9 Å². The third-order valence-corrected chi connectivity index (χ3v) is 26.3. The number of hydrogen-bond acceptors (Lipinski definition) is 0. The lowest BCUT2D eigenvalue weighted by Gasteiger charge is -2.39. The van der Waals surface area contributed by atoms with E-state index >= 15 is 0 Å². The van der Waals surface area contributed by atoms with E-state index < -0.39 is 16.2 Å². The number of aromatic nitrogens is 2. The molecule has 6 aliphatic rings. The quantitative estimate of drug-likeness (QED) is 0.156. The molecule has 0 bridgehead atoms. The van der Waals surface area contributed by atoms with Crippen LogP contribution in [0.5, 0.6) is 0 Å². The molecule has 2 heteroatoms. The molecule has 2 aliphatic heterocycles. The predicted molar refractivity (Wildman–Crippen MR) is 442 cm³/mol. The molecule has 3 atom stereocenters. The van der Waals surface area contributed by atoms with Gasteiger partial charge in [0.05, 0.1) is 49.7 Å². The molecule has 3 unspecified atom stereocenters. The highest BCUT2D eigenvalue weighted by Gasteiger charge is 2.56. The van der Waals surface area contributed by atoms with Gasteiger partial charge < -0.3 is 9.13 Å². The average molecular weight is 1350 g/mol. The van der Waals surface area contributed by atoms with Gasteiger partial charge in [-0.15, -0.1) is 0 Å². The van der Waals surface area contributed by atoms with E-state index in [2.05, 4.69) is 373 Å². The van der Waals surface area contributed by atoms with Crippen molar-refractivity contribution in [3.63, 3.8) is 0 Å². The standard InChI is InChI=1S/C105H60N2/c1-2-27-62-61(26-1)58-59-89-97(62)73-30-3-9-43-80(73)103(89)81-44-10-6-33-76(81)100-77(42-25-51-88(100)103)96-69-36-19-34-63(67-38-21-49-86-98(67)74-31-4-11-45-82(74)104(86)84-47-13-17-56-94(84)106-92-54-15-7-28-65(92)71-40-23-52-90(104)101(71)106)78(69)60-79-64(35-20-37-70(79)96)68-39-22-50-87-99(68)75-32-5-12-46-83(75)105(87)85-48-14-18-57-95(85)107-93-55-16-8-29-66(93)72-41-24-53-91(105)102(72)107/h1-60H. The van der Waals surface area contributed by atoms with E-state index in [-0.39, 0.29) is 0 Å². The zero-order valence-corrected chi connectivity index (χ0v) is 58.0. The molecule has 0 saturated carbocycles. The lowest BCUT2D eigenvalue weighted by atomic mass is 9.65. The highest BCUT2D eigenvalue weighted by atomic mass is 15.0. The zero-order valence-electron chi connectivity index (χ0n) is 58.0. The van der Waals surface area contributed by atoms with Gasteiger partial charge in [0, 0.05) is 21.5 Å².